The molecule has 0 radical (unpaired) electrons. The van der Waals surface area contributed by atoms with Crippen molar-refractivity contribution < 1.29 is 9.53 Å². The van der Waals surface area contributed by atoms with Gasteiger partial charge in [-0.25, -0.2) is 0 Å². The lowest BCUT2D eigenvalue weighted by Gasteiger charge is -2.23. The molecule has 1 amide bonds. The van der Waals surface area contributed by atoms with Crippen LogP contribution in [0.4, 0.5) is 0 Å². The first kappa shape index (κ1) is 16.6. The molecule has 1 aliphatic rings. The molecule has 3 aromatic rings. The predicted molar refractivity (Wildman–Crippen MR) is 97.7 cm³/mol. The minimum atomic E-state index is -0.0867. The number of hydrogen-bond donors (Lipinski definition) is 0. The molecule has 0 saturated carbocycles. The van der Waals surface area contributed by atoms with Gasteiger partial charge in [-0.1, -0.05) is 12.1 Å². The summed E-state index contributed by atoms with van der Waals surface area (Å²) in [5.41, 5.74) is 2.60. The summed E-state index contributed by atoms with van der Waals surface area (Å²) in [6.45, 7) is 2.42. The average Bonchev–Trinajstić information content (AvgIpc) is 2.93. The predicted octanol–water partition coefficient (Wildman–Crippen LogP) is 2.36. The van der Waals surface area contributed by atoms with Gasteiger partial charge in [0.2, 0.25) is 0 Å². The molecule has 0 bridgehead atoms. The van der Waals surface area contributed by atoms with Gasteiger partial charge in [-0.15, -0.1) is 5.10 Å². The molecule has 1 saturated heterocycles. The topological polar surface area (TPSA) is 68.2 Å². The van der Waals surface area contributed by atoms with Crippen LogP contribution in [0.15, 0.2) is 54.9 Å². The fourth-order valence-corrected chi connectivity index (χ4v) is 3.35. The third-order valence-corrected chi connectivity index (χ3v) is 4.61. The van der Waals surface area contributed by atoms with Crippen LogP contribution in [-0.4, -0.2) is 52.3 Å². The first-order chi connectivity index (χ1) is 12.8. The molecule has 4 rings (SSSR count). The van der Waals surface area contributed by atoms with Gasteiger partial charge in [0.15, 0.2) is 5.69 Å². The number of nitrogens with zero attached hydrogens (tertiary/aromatic N) is 4. The zero-order chi connectivity index (χ0) is 17.8. The fourth-order valence-electron chi connectivity index (χ4n) is 3.35. The summed E-state index contributed by atoms with van der Waals surface area (Å²) in [4.78, 5) is 18.9. The number of hydrogen-bond acceptors (Lipinski definition) is 5. The van der Waals surface area contributed by atoms with Crippen molar-refractivity contribution in [3.8, 4) is 0 Å². The second-order valence-electron chi connectivity index (χ2n) is 6.54. The molecule has 6 nitrogen and oxygen atoms in total. The molecule has 1 atom stereocenters. The Morgan fingerprint density at radius 3 is 3.00 bits per heavy atom. The number of carbonyl (C=O) groups is 1. The van der Waals surface area contributed by atoms with Gasteiger partial charge in [0, 0.05) is 36.8 Å². The highest BCUT2D eigenvalue weighted by atomic mass is 16.5. The van der Waals surface area contributed by atoms with Crippen molar-refractivity contribution in [2.75, 3.05) is 26.3 Å². The van der Waals surface area contributed by atoms with E-state index in [0.717, 1.165) is 17.3 Å². The molecule has 0 N–H and O–H groups in total. The summed E-state index contributed by atoms with van der Waals surface area (Å²) < 4.78 is 5.74. The first-order valence-corrected chi connectivity index (χ1v) is 8.78. The van der Waals surface area contributed by atoms with Crippen molar-refractivity contribution in [1.29, 1.82) is 0 Å². The van der Waals surface area contributed by atoms with Crippen molar-refractivity contribution in [3.63, 3.8) is 0 Å². The normalized spacial score (nSPS) is 17.8. The Labute approximate surface area is 151 Å². The SMILES string of the molecule is O=C(c1cccnn1)N1CCOCC(Cc2ccc3ncccc3c2)C1. The van der Waals surface area contributed by atoms with Crippen LogP contribution in [0.3, 0.4) is 0 Å². The standard InChI is InChI=1S/C20H20N4O2/c25-20(19-4-2-8-22-23-19)24-9-10-26-14-16(13-24)11-15-5-6-18-17(12-15)3-1-7-21-18/h1-8,12,16H,9-11,13-14H2. The molecule has 2 aromatic heterocycles. The van der Waals surface area contributed by atoms with E-state index in [4.69, 9.17) is 4.74 Å². The van der Waals surface area contributed by atoms with Gasteiger partial charge in [-0.05, 0) is 42.3 Å². The lowest BCUT2D eigenvalue weighted by atomic mass is 9.98. The lowest BCUT2D eigenvalue weighted by molar-refractivity contribution is 0.0730. The number of fused-ring (bicyclic) bond motifs is 1. The molecule has 132 valence electrons. The molecule has 1 fully saturated rings. The summed E-state index contributed by atoms with van der Waals surface area (Å²) in [5, 5.41) is 8.88. The van der Waals surface area contributed by atoms with Gasteiger partial charge < -0.3 is 9.64 Å². The number of pyridine rings is 1. The fraction of sp³-hybridized carbons (Fsp3) is 0.300. The first-order valence-electron chi connectivity index (χ1n) is 8.78. The summed E-state index contributed by atoms with van der Waals surface area (Å²) in [7, 11) is 0. The Morgan fingerprint density at radius 2 is 2.12 bits per heavy atom. The minimum absolute atomic E-state index is 0.0867. The van der Waals surface area contributed by atoms with E-state index in [1.807, 2.05) is 17.0 Å². The van der Waals surface area contributed by atoms with E-state index in [-0.39, 0.29) is 11.8 Å². The van der Waals surface area contributed by atoms with Crippen LogP contribution in [0.1, 0.15) is 16.1 Å². The number of aromatic nitrogens is 3. The quantitative estimate of drug-likeness (QED) is 0.727. The van der Waals surface area contributed by atoms with Gasteiger partial charge in [0.05, 0.1) is 18.7 Å². The van der Waals surface area contributed by atoms with Crippen molar-refractivity contribution in [2.45, 2.75) is 6.42 Å². The third kappa shape index (κ3) is 3.70. The Bertz CT molecular complexity index is 900. The maximum Gasteiger partial charge on any atom is 0.274 e. The average molecular weight is 348 g/mol. The van der Waals surface area contributed by atoms with Crippen LogP contribution in [0.25, 0.3) is 10.9 Å². The summed E-state index contributed by atoms with van der Waals surface area (Å²) in [5.74, 6) is 0.156. The van der Waals surface area contributed by atoms with Crippen molar-refractivity contribution in [2.24, 2.45) is 5.92 Å². The second kappa shape index (κ2) is 7.58. The van der Waals surface area contributed by atoms with Crippen molar-refractivity contribution >= 4 is 16.8 Å². The zero-order valence-electron chi connectivity index (χ0n) is 14.4. The Hall–Kier alpha value is -2.86. The summed E-state index contributed by atoms with van der Waals surface area (Å²) >= 11 is 0. The summed E-state index contributed by atoms with van der Waals surface area (Å²) in [6, 6.07) is 13.8. The van der Waals surface area contributed by atoms with E-state index in [1.54, 1.807) is 24.5 Å². The maximum atomic E-state index is 12.7. The van der Waals surface area contributed by atoms with Crippen LogP contribution in [0, 0.1) is 5.92 Å². The van der Waals surface area contributed by atoms with Gasteiger partial charge in [-0.2, -0.15) is 5.10 Å². The second-order valence-corrected chi connectivity index (χ2v) is 6.54. The smallest absolute Gasteiger partial charge is 0.274 e. The minimum Gasteiger partial charge on any atom is -0.379 e. The van der Waals surface area contributed by atoms with E-state index in [1.165, 1.54) is 5.56 Å². The monoisotopic (exact) mass is 348 g/mol. The molecule has 1 aliphatic heterocycles. The van der Waals surface area contributed by atoms with Crippen LogP contribution < -0.4 is 0 Å². The van der Waals surface area contributed by atoms with E-state index >= 15 is 0 Å². The van der Waals surface area contributed by atoms with Crippen LogP contribution in [0.2, 0.25) is 0 Å². The molecular weight excluding hydrogens is 328 g/mol. The third-order valence-electron chi connectivity index (χ3n) is 4.61. The van der Waals surface area contributed by atoms with E-state index in [9.17, 15) is 4.79 Å². The Kier molecular flexibility index (Phi) is 4.84. The molecule has 0 spiro atoms. The van der Waals surface area contributed by atoms with E-state index in [0.29, 0.717) is 32.0 Å². The zero-order valence-corrected chi connectivity index (χ0v) is 14.4. The van der Waals surface area contributed by atoms with Gasteiger partial charge in [0.25, 0.3) is 5.91 Å². The number of carbonyl (C=O) groups excluding carboxylic acids is 1. The van der Waals surface area contributed by atoms with Crippen molar-refractivity contribution in [1.82, 2.24) is 20.1 Å². The molecule has 3 heterocycles. The Morgan fingerprint density at radius 1 is 1.19 bits per heavy atom. The van der Waals surface area contributed by atoms with Crippen LogP contribution in [0.5, 0.6) is 0 Å². The van der Waals surface area contributed by atoms with E-state index < -0.39 is 0 Å². The Balaban J connectivity index is 1.49. The van der Waals surface area contributed by atoms with Crippen LogP contribution in [-0.2, 0) is 11.2 Å². The number of ether oxygens (including phenoxy) is 1. The van der Waals surface area contributed by atoms with Crippen molar-refractivity contribution in [3.05, 3.63) is 66.1 Å². The molecular formula is C20H20N4O2. The molecule has 1 aromatic carbocycles. The van der Waals surface area contributed by atoms with Gasteiger partial charge in [-0.3, -0.25) is 9.78 Å². The molecule has 6 heteroatoms. The maximum absolute atomic E-state index is 12.7. The lowest BCUT2D eigenvalue weighted by Crippen LogP contribution is -2.37. The number of benzene rings is 1. The van der Waals surface area contributed by atoms with Crippen LogP contribution >= 0.6 is 0 Å². The number of rotatable bonds is 3. The molecule has 0 aliphatic carbocycles. The number of amides is 1. The summed E-state index contributed by atoms with van der Waals surface area (Å²) in [6.07, 6.45) is 4.23. The molecule has 26 heavy (non-hydrogen) atoms. The van der Waals surface area contributed by atoms with E-state index in [2.05, 4.69) is 33.4 Å². The van der Waals surface area contributed by atoms with Gasteiger partial charge in [0.1, 0.15) is 0 Å². The largest absolute Gasteiger partial charge is 0.379 e. The van der Waals surface area contributed by atoms with Gasteiger partial charge >= 0.3 is 0 Å². The highest BCUT2D eigenvalue weighted by Gasteiger charge is 2.24. The molecule has 1 unspecified atom stereocenters. The highest BCUT2D eigenvalue weighted by Crippen LogP contribution is 2.19. The highest BCUT2D eigenvalue weighted by molar-refractivity contribution is 5.92.